The van der Waals surface area contributed by atoms with Gasteiger partial charge in [0.15, 0.2) is 0 Å². The SMILES string of the molecule is CNCc1cccc(C(N)=O)c1.Cl. The van der Waals surface area contributed by atoms with Gasteiger partial charge < -0.3 is 11.1 Å². The summed E-state index contributed by atoms with van der Waals surface area (Å²) in [6.07, 6.45) is 0. The molecule has 0 radical (unpaired) electrons. The predicted molar refractivity (Wildman–Crippen MR) is 55.0 cm³/mol. The van der Waals surface area contributed by atoms with Gasteiger partial charge >= 0.3 is 0 Å². The highest BCUT2D eigenvalue weighted by molar-refractivity contribution is 5.92. The second-order valence-electron chi connectivity index (χ2n) is 2.59. The Labute approximate surface area is 83.7 Å². The van der Waals surface area contributed by atoms with E-state index in [0.29, 0.717) is 5.56 Å². The van der Waals surface area contributed by atoms with E-state index in [4.69, 9.17) is 5.73 Å². The quantitative estimate of drug-likeness (QED) is 0.763. The lowest BCUT2D eigenvalue weighted by Gasteiger charge is -2.00. The number of hydrogen-bond donors (Lipinski definition) is 2. The molecule has 0 bridgehead atoms. The van der Waals surface area contributed by atoms with Gasteiger partial charge in [0.1, 0.15) is 0 Å². The molecule has 0 aliphatic carbocycles. The number of nitrogens with two attached hydrogens (primary N) is 1. The maximum atomic E-state index is 10.8. The van der Waals surface area contributed by atoms with Crippen LogP contribution in [0.4, 0.5) is 0 Å². The Morgan fingerprint density at radius 1 is 1.54 bits per heavy atom. The molecule has 72 valence electrons. The molecule has 1 amide bonds. The molecule has 1 aromatic carbocycles. The van der Waals surface area contributed by atoms with Crippen LogP contribution in [0.15, 0.2) is 24.3 Å². The zero-order valence-electron chi connectivity index (χ0n) is 7.41. The molecule has 0 aliphatic rings. The van der Waals surface area contributed by atoms with E-state index in [1.807, 2.05) is 19.2 Å². The summed E-state index contributed by atoms with van der Waals surface area (Å²) in [7, 11) is 1.86. The Balaban J connectivity index is 0.00000144. The van der Waals surface area contributed by atoms with Crippen LogP contribution in [0.5, 0.6) is 0 Å². The molecule has 0 spiro atoms. The zero-order valence-corrected chi connectivity index (χ0v) is 8.23. The molecule has 1 aromatic rings. The minimum Gasteiger partial charge on any atom is -0.366 e. The Bertz CT molecular complexity index is 289. The maximum absolute atomic E-state index is 10.8. The standard InChI is InChI=1S/C9H12N2O.ClH/c1-11-6-7-3-2-4-8(5-7)9(10)12;/h2-5,11H,6H2,1H3,(H2,10,12);1H. The van der Waals surface area contributed by atoms with Crippen LogP contribution in [0.1, 0.15) is 15.9 Å². The van der Waals surface area contributed by atoms with Gasteiger partial charge in [0.05, 0.1) is 0 Å². The third-order valence-corrected chi connectivity index (χ3v) is 1.59. The lowest BCUT2D eigenvalue weighted by molar-refractivity contribution is 0.1000. The van der Waals surface area contributed by atoms with Crippen LogP contribution in [-0.2, 0) is 6.54 Å². The van der Waals surface area contributed by atoms with Crippen molar-refractivity contribution < 1.29 is 4.79 Å². The Hall–Kier alpha value is -1.06. The summed E-state index contributed by atoms with van der Waals surface area (Å²) in [5.74, 6) is -0.382. The van der Waals surface area contributed by atoms with Crippen molar-refractivity contribution in [2.45, 2.75) is 6.54 Å². The van der Waals surface area contributed by atoms with Crippen molar-refractivity contribution in [1.82, 2.24) is 5.32 Å². The summed E-state index contributed by atoms with van der Waals surface area (Å²) in [5, 5.41) is 3.00. The van der Waals surface area contributed by atoms with Crippen LogP contribution in [-0.4, -0.2) is 13.0 Å². The minimum absolute atomic E-state index is 0. The third-order valence-electron chi connectivity index (χ3n) is 1.59. The fraction of sp³-hybridized carbons (Fsp3) is 0.222. The van der Waals surface area contributed by atoms with Crippen molar-refractivity contribution in [3.05, 3.63) is 35.4 Å². The third kappa shape index (κ3) is 3.44. The van der Waals surface area contributed by atoms with Gasteiger partial charge in [0, 0.05) is 12.1 Å². The molecule has 0 fully saturated rings. The van der Waals surface area contributed by atoms with Gasteiger partial charge in [-0.1, -0.05) is 12.1 Å². The molecule has 3 nitrogen and oxygen atoms in total. The van der Waals surface area contributed by atoms with E-state index in [1.165, 1.54) is 0 Å². The first-order chi connectivity index (χ1) is 5.74. The van der Waals surface area contributed by atoms with Gasteiger partial charge in [0.25, 0.3) is 0 Å². The Morgan fingerprint density at radius 3 is 2.77 bits per heavy atom. The van der Waals surface area contributed by atoms with Gasteiger partial charge in [-0.3, -0.25) is 4.79 Å². The summed E-state index contributed by atoms with van der Waals surface area (Å²) in [6.45, 7) is 0.751. The molecule has 0 heterocycles. The monoisotopic (exact) mass is 200 g/mol. The molecule has 0 saturated heterocycles. The number of primary amides is 1. The van der Waals surface area contributed by atoms with Gasteiger partial charge in [0.2, 0.25) is 5.91 Å². The fourth-order valence-electron chi connectivity index (χ4n) is 1.04. The van der Waals surface area contributed by atoms with Crippen LogP contribution in [0.3, 0.4) is 0 Å². The van der Waals surface area contributed by atoms with E-state index in [2.05, 4.69) is 5.32 Å². The predicted octanol–water partition coefficient (Wildman–Crippen LogP) is 0.927. The van der Waals surface area contributed by atoms with Crippen molar-refractivity contribution >= 4 is 18.3 Å². The smallest absolute Gasteiger partial charge is 0.248 e. The van der Waals surface area contributed by atoms with Crippen molar-refractivity contribution in [1.29, 1.82) is 0 Å². The molecule has 0 unspecified atom stereocenters. The van der Waals surface area contributed by atoms with Crippen molar-refractivity contribution in [2.75, 3.05) is 7.05 Å². The van der Waals surface area contributed by atoms with E-state index in [-0.39, 0.29) is 18.3 Å². The van der Waals surface area contributed by atoms with Gasteiger partial charge in [-0.05, 0) is 24.7 Å². The van der Waals surface area contributed by atoms with E-state index in [0.717, 1.165) is 12.1 Å². The molecule has 0 aromatic heterocycles. The molecular formula is C9H13ClN2O. The van der Waals surface area contributed by atoms with Crippen molar-refractivity contribution in [2.24, 2.45) is 5.73 Å². The highest BCUT2D eigenvalue weighted by atomic mass is 35.5. The lowest BCUT2D eigenvalue weighted by Crippen LogP contribution is -2.12. The minimum atomic E-state index is -0.382. The van der Waals surface area contributed by atoms with Crippen LogP contribution >= 0.6 is 12.4 Å². The molecule has 4 heteroatoms. The number of carbonyl (C=O) groups excluding carboxylic acids is 1. The number of halogens is 1. The fourth-order valence-corrected chi connectivity index (χ4v) is 1.04. The number of rotatable bonds is 3. The summed E-state index contributed by atoms with van der Waals surface area (Å²) in [5.41, 5.74) is 6.74. The van der Waals surface area contributed by atoms with Crippen LogP contribution in [0.2, 0.25) is 0 Å². The summed E-state index contributed by atoms with van der Waals surface area (Å²) in [4.78, 5) is 10.8. The van der Waals surface area contributed by atoms with Gasteiger partial charge in [-0.15, -0.1) is 12.4 Å². The van der Waals surface area contributed by atoms with Gasteiger partial charge in [-0.2, -0.15) is 0 Å². The van der Waals surface area contributed by atoms with Crippen molar-refractivity contribution in [3.63, 3.8) is 0 Å². The topological polar surface area (TPSA) is 55.1 Å². The zero-order chi connectivity index (χ0) is 8.97. The van der Waals surface area contributed by atoms with Crippen LogP contribution in [0, 0.1) is 0 Å². The van der Waals surface area contributed by atoms with E-state index in [1.54, 1.807) is 12.1 Å². The first-order valence-electron chi connectivity index (χ1n) is 3.77. The number of hydrogen-bond acceptors (Lipinski definition) is 2. The van der Waals surface area contributed by atoms with Crippen molar-refractivity contribution in [3.8, 4) is 0 Å². The molecule has 13 heavy (non-hydrogen) atoms. The first kappa shape index (κ1) is 11.9. The highest BCUT2D eigenvalue weighted by Gasteiger charge is 1.99. The second-order valence-corrected chi connectivity index (χ2v) is 2.59. The van der Waals surface area contributed by atoms with E-state index in [9.17, 15) is 4.79 Å². The number of nitrogens with one attached hydrogen (secondary N) is 1. The Morgan fingerprint density at radius 2 is 2.23 bits per heavy atom. The van der Waals surface area contributed by atoms with E-state index < -0.39 is 0 Å². The van der Waals surface area contributed by atoms with Gasteiger partial charge in [-0.25, -0.2) is 0 Å². The summed E-state index contributed by atoms with van der Waals surface area (Å²) in [6, 6.07) is 7.27. The normalized spacial score (nSPS) is 9.00. The highest BCUT2D eigenvalue weighted by Crippen LogP contribution is 2.03. The molecule has 1 rings (SSSR count). The van der Waals surface area contributed by atoms with E-state index >= 15 is 0 Å². The molecule has 0 atom stereocenters. The number of amides is 1. The number of carbonyl (C=O) groups is 1. The average molecular weight is 201 g/mol. The van der Waals surface area contributed by atoms with Crippen LogP contribution in [0.25, 0.3) is 0 Å². The maximum Gasteiger partial charge on any atom is 0.248 e. The molecule has 3 N–H and O–H groups in total. The summed E-state index contributed by atoms with van der Waals surface area (Å²) >= 11 is 0. The number of benzene rings is 1. The molecule has 0 aliphatic heterocycles. The Kier molecular flexibility index (Phi) is 5.11. The largest absolute Gasteiger partial charge is 0.366 e. The molecular weight excluding hydrogens is 188 g/mol. The first-order valence-corrected chi connectivity index (χ1v) is 3.77. The average Bonchev–Trinajstić information content (AvgIpc) is 2.05. The second kappa shape index (κ2) is 5.56. The lowest BCUT2D eigenvalue weighted by atomic mass is 10.1. The molecule has 0 saturated carbocycles. The van der Waals surface area contributed by atoms with Crippen LogP contribution < -0.4 is 11.1 Å². The summed E-state index contributed by atoms with van der Waals surface area (Å²) < 4.78 is 0.